The average Bonchev–Trinajstić information content (AvgIpc) is 2.93. The van der Waals surface area contributed by atoms with Crippen LogP contribution in [0.4, 0.5) is 5.69 Å². The highest BCUT2D eigenvalue weighted by Crippen LogP contribution is 2.31. The zero-order valence-corrected chi connectivity index (χ0v) is 16.2. The topological polar surface area (TPSA) is 84.9 Å². The molecule has 0 spiro atoms. The number of methoxy groups -OCH3 is 2. The van der Waals surface area contributed by atoms with Gasteiger partial charge in [-0.05, 0) is 30.2 Å². The first kappa shape index (κ1) is 19.4. The Morgan fingerprint density at radius 1 is 0.964 bits per heavy atom. The Labute approximate surface area is 163 Å². The molecule has 3 amide bonds. The number of ether oxygens (including phenoxy) is 2. The molecule has 2 aromatic rings. The molecule has 1 aliphatic rings. The Hall–Kier alpha value is -3.35. The van der Waals surface area contributed by atoms with Crippen molar-refractivity contribution in [2.75, 3.05) is 19.5 Å². The number of imide groups is 1. The van der Waals surface area contributed by atoms with E-state index in [1.165, 1.54) is 14.2 Å². The van der Waals surface area contributed by atoms with Crippen LogP contribution in [0.2, 0.25) is 0 Å². The van der Waals surface area contributed by atoms with Gasteiger partial charge in [-0.1, -0.05) is 26.0 Å². The maximum absolute atomic E-state index is 13.1. The number of hydrogen-bond donors (Lipinski definition) is 1. The lowest BCUT2D eigenvalue weighted by atomic mass is 10.0. The fourth-order valence-electron chi connectivity index (χ4n) is 3.29. The van der Waals surface area contributed by atoms with Gasteiger partial charge in [-0.15, -0.1) is 0 Å². The van der Waals surface area contributed by atoms with Gasteiger partial charge < -0.3 is 14.8 Å². The van der Waals surface area contributed by atoms with E-state index < -0.39 is 23.8 Å². The molecule has 7 nitrogen and oxygen atoms in total. The summed E-state index contributed by atoms with van der Waals surface area (Å²) in [6.07, 6.45) is 0. The van der Waals surface area contributed by atoms with E-state index in [0.717, 1.165) is 4.90 Å². The summed E-state index contributed by atoms with van der Waals surface area (Å²) >= 11 is 0. The van der Waals surface area contributed by atoms with E-state index in [2.05, 4.69) is 5.32 Å². The molecular weight excluding hydrogens is 360 g/mol. The molecule has 0 aromatic heterocycles. The minimum atomic E-state index is -0.959. The first-order chi connectivity index (χ1) is 13.4. The van der Waals surface area contributed by atoms with Gasteiger partial charge in [0.1, 0.15) is 17.5 Å². The molecule has 146 valence electrons. The van der Waals surface area contributed by atoms with Crippen molar-refractivity contribution in [2.24, 2.45) is 5.92 Å². The Bertz CT molecular complexity index is 903. The SMILES string of the molecule is COc1ccc(NC(=O)[C@H](C(C)C)N2C(=O)c3ccccc3C2=O)c(OC)c1. The molecule has 0 fully saturated rings. The summed E-state index contributed by atoms with van der Waals surface area (Å²) in [5.74, 6) is -0.681. The lowest BCUT2D eigenvalue weighted by Gasteiger charge is -2.28. The zero-order valence-electron chi connectivity index (χ0n) is 16.2. The van der Waals surface area contributed by atoms with Gasteiger partial charge in [0.2, 0.25) is 5.91 Å². The monoisotopic (exact) mass is 382 g/mol. The minimum absolute atomic E-state index is 0.286. The minimum Gasteiger partial charge on any atom is -0.497 e. The van der Waals surface area contributed by atoms with Crippen molar-refractivity contribution in [1.29, 1.82) is 0 Å². The second-order valence-corrected chi connectivity index (χ2v) is 6.77. The summed E-state index contributed by atoms with van der Waals surface area (Å²) in [7, 11) is 3.01. The molecule has 28 heavy (non-hydrogen) atoms. The van der Waals surface area contributed by atoms with Crippen LogP contribution >= 0.6 is 0 Å². The largest absolute Gasteiger partial charge is 0.497 e. The highest BCUT2D eigenvalue weighted by molar-refractivity contribution is 6.23. The summed E-state index contributed by atoms with van der Waals surface area (Å²) in [6.45, 7) is 3.58. The Balaban J connectivity index is 1.91. The fourth-order valence-corrected chi connectivity index (χ4v) is 3.29. The first-order valence-corrected chi connectivity index (χ1v) is 8.88. The lowest BCUT2D eigenvalue weighted by molar-refractivity contribution is -0.121. The number of nitrogens with one attached hydrogen (secondary N) is 1. The van der Waals surface area contributed by atoms with E-state index in [4.69, 9.17) is 9.47 Å². The summed E-state index contributed by atoms with van der Waals surface area (Å²) in [6, 6.07) is 10.6. The summed E-state index contributed by atoms with van der Waals surface area (Å²) in [4.78, 5) is 39.7. The number of fused-ring (bicyclic) bond motifs is 1. The van der Waals surface area contributed by atoms with Crippen molar-refractivity contribution in [3.63, 3.8) is 0 Å². The Morgan fingerprint density at radius 3 is 2.07 bits per heavy atom. The summed E-state index contributed by atoms with van der Waals surface area (Å²) in [5.41, 5.74) is 1.05. The maximum atomic E-state index is 13.1. The summed E-state index contributed by atoms with van der Waals surface area (Å²) in [5, 5.41) is 2.77. The molecule has 0 bridgehead atoms. The molecule has 1 N–H and O–H groups in total. The molecule has 0 saturated carbocycles. The van der Waals surface area contributed by atoms with Gasteiger partial charge in [-0.3, -0.25) is 19.3 Å². The number of rotatable bonds is 6. The van der Waals surface area contributed by atoms with E-state index in [0.29, 0.717) is 28.3 Å². The predicted octanol–water partition coefficient (Wildman–Crippen LogP) is 2.96. The van der Waals surface area contributed by atoms with Crippen LogP contribution < -0.4 is 14.8 Å². The Morgan fingerprint density at radius 2 is 1.57 bits per heavy atom. The third kappa shape index (κ3) is 3.31. The molecule has 1 heterocycles. The standard InChI is InChI=1S/C21H22N2O5/c1-12(2)18(23-20(25)14-7-5-6-8-15(14)21(23)26)19(24)22-16-10-9-13(27-3)11-17(16)28-4/h5-12,18H,1-4H3,(H,22,24)/t18-/m0/s1. The van der Waals surface area contributed by atoms with Crippen molar-refractivity contribution in [3.05, 3.63) is 53.6 Å². The van der Waals surface area contributed by atoms with E-state index in [1.807, 2.05) is 0 Å². The molecule has 1 atom stereocenters. The number of carbonyl (C=O) groups excluding carboxylic acids is 3. The van der Waals surface area contributed by atoms with Crippen molar-refractivity contribution < 1.29 is 23.9 Å². The van der Waals surface area contributed by atoms with E-state index in [9.17, 15) is 14.4 Å². The van der Waals surface area contributed by atoms with Crippen LogP contribution in [-0.2, 0) is 4.79 Å². The van der Waals surface area contributed by atoms with Crippen LogP contribution in [0.25, 0.3) is 0 Å². The summed E-state index contributed by atoms with van der Waals surface area (Å²) < 4.78 is 10.5. The normalized spacial score (nSPS) is 14.1. The van der Waals surface area contributed by atoms with Crippen LogP contribution in [0.5, 0.6) is 11.5 Å². The van der Waals surface area contributed by atoms with Crippen LogP contribution in [0.1, 0.15) is 34.6 Å². The van der Waals surface area contributed by atoms with E-state index >= 15 is 0 Å². The molecule has 0 radical (unpaired) electrons. The maximum Gasteiger partial charge on any atom is 0.262 e. The number of anilines is 1. The Kier molecular flexibility index (Phi) is 5.35. The van der Waals surface area contributed by atoms with Gasteiger partial charge in [0.15, 0.2) is 0 Å². The van der Waals surface area contributed by atoms with E-state index in [-0.39, 0.29) is 5.92 Å². The van der Waals surface area contributed by atoms with Crippen LogP contribution in [0.15, 0.2) is 42.5 Å². The molecule has 0 saturated heterocycles. The fraction of sp³-hybridized carbons (Fsp3) is 0.286. The van der Waals surface area contributed by atoms with Gasteiger partial charge in [0.25, 0.3) is 11.8 Å². The molecular formula is C21H22N2O5. The highest BCUT2D eigenvalue weighted by atomic mass is 16.5. The average molecular weight is 382 g/mol. The highest BCUT2D eigenvalue weighted by Gasteiger charge is 2.44. The third-order valence-corrected chi connectivity index (χ3v) is 4.67. The second-order valence-electron chi connectivity index (χ2n) is 6.77. The quantitative estimate of drug-likeness (QED) is 0.777. The van der Waals surface area contributed by atoms with Crippen LogP contribution in [0, 0.1) is 5.92 Å². The smallest absolute Gasteiger partial charge is 0.262 e. The molecule has 1 aliphatic heterocycles. The van der Waals surface area contributed by atoms with Gasteiger partial charge in [0.05, 0.1) is 31.0 Å². The molecule has 0 aliphatic carbocycles. The second kappa shape index (κ2) is 7.72. The van der Waals surface area contributed by atoms with E-state index in [1.54, 1.807) is 56.3 Å². The lowest BCUT2D eigenvalue weighted by Crippen LogP contribution is -2.50. The van der Waals surface area contributed by atoms with Crippen LogP contribution in [-0.4, -0.2) is 42.9 Å². The van der Waals surface area contributed by atoms with Gasteiger partial charge >= 0.3 is 0 Å². The van der Waals surface area contributed by atoms with Gasteiger partial charge in [-0.2, -0.15) is 0 Å². The predicted molar refractivity (Wildman–Crippen MR) is 104 cm³/mol. The number of hydrogen-bond acceptors (Lipinski definition) is 5. The van der Waals surface area contributed by atoms with Crippen molar-refractivity contribution in [1.82, 2.24) is 4.90 Å². The molecule has 3 rings (SSSR count). The molecule has 7 heteroatoms. The van der Waals surface area contributed by atoms with Crippen molar-refractivity contribution in [2.45, 2.75) is 19.9 Å². The number of nitrogens with zero attached hydrogens (tertiary/aromatic N) is 1. The van der Waals surface area contributed by atoms with Crippen LogP contribution in [0.3, 0.4) is 0 Å². The number of amides is 3. The van der Waals surface area contributed by atoms with Crippen molar-refractivity contribution in [3.8, 4) is 11.5 Å². The first-order valence-electron chi connectivity index (χ1n) is 8.88. The number of carbonyl (C=O) groups is 3. The van der Waals surface area contributed by atoms with Crippen molar-refractivity contribution >= 4 is 23.4 Å². The number of benzene rings is 2. The third-order valence-electron chi connectivity index (χ3n) is 4.67. The van der Waals surface area contributed by atoms with Gasteiger partial charge in [-0.25, -0.2) is 0 Å². The molecule has 0 unspecified atom stereocenters. The molecule has 2 aromatic carbocycles. The van der Waals surface area contributed by atoms with Gasteiger partial charge in [0, 0.05) is 6.07 Å². The zero-order chi connectivity index (χ0) is 20.4.